The van der Waals surface area contributed by atoms with Crippen LogP contribution in [0.5, 0.6) is 0 Å². The van der Waals surface area contributed by atoms with Crippen LogP contribution in [-0.4, -0.2) is 0 Å². The Bertz CT molecular complexity index is 217. The van der Waals surface area contributed by atoms with E-state index in [1.807, 2.05) is 0 Å². The van der Waals surface area contributed by atoms with Crippen LogP contribution in [0.3, 0.4) is 0 Å². The van der Waals surface area contributed by atoms with Crippen LogP contribution < -0.4 is 0 Å². The first-order chi connectivity index (χ1) is 5.97. The molecule has 0 aliphatic heterocycles. The standard InChI is InChI=1S/C10H16.2ClH.Cr/c1-6-7(2)9(4)10(5)8(6)3;;;/h6H,1-5H3;2*1H;/q;;;+2/p-2. The quantitative estimate of drug-likeness (QED) is 0.592. The zero-order valence-corrected chi connectivity index (χ0v) is 11.5. The molecule has 76 valence electrons. The molecule has 0 bridgehead atoms. The summed E-state index contributed by atoms with van der Waals surface area (Å²) >= 11 is -0.181. The molecule has 0 nitrogen and oxygen atoms in total. The minimum atomic E-state index is -0.181. The average molecular weight is 259 g/mol. The van der Waals surface area contributed by atoms with Gasteiger partial charge in [-0.15, -0.1) is 0 Å². The van der Waals surface area contributed by atoms with Gasteiger partial charge in [-0.1, -0.05) is 18.1 Å². The van der Waals surface area contributed by atoms with Crippen LogP contribution >= 0.6 is 20.1 Å². The van der Waals surface area contributed by atoms with Gasteiger partial charge in [0.25, 0.3) is 0 Å². The second-order valence-corrected chi connectivity index (χ2v) is 5.50. The van der Waals surface area contributed by atoms with Crippen molar-refractivity contribution in [1.82, 2.24) is 0 Å². The molecule has 13 heavy (non-hydrogen) atoms. The Hall–Kier alpha value is 0.592. The first-order valence-electron chi connectivity index (χ1n) is 4.21. The van der Waals surface area contributed by atoms with Crippen molar-refractivity contribution in [3.8, 4) is 0 Å². The summed E-state index contributed by atoms with van der Waals surface area (Å²) in [6, 6.07) is 0. The van der Waals surface area contributed by atoms with Gasteiger partial charge in [0.2, 0.25) is 0 Å². The fourth-order valence-corrected chi connectivity index (χ4v) is 1.57. The molecular weight excluding hydrogens is 243 g/mol. The molecule has 1 aliphatic rings. The normalized spacial score (nSPS) is 17.8. The fraction of sp³-hybridized carbons (Fsp3) is 0.600. The molecule has 0 aromatic rings. The Morgan fingerprint density at radius 3 is 1.23 bits per heavy atom. The van der Waals surface area contributed by atoms with Gasteiger partial charge in [0, 0.05) is 0 Å². The van der Waals surface area contributed by atoms with Crippen LogP contribution in [0, 0.1) is 5.92 Å². The molecule has 0 unspecified atom stereocenters. The van der Waals surface area contributed by atoms with Crippen LogP contribution in [-0.2, 0) is 13.4 Å². The monoisotopic (exact) mass is 258 g/mol. The number of halogens is 2. The molecule has 0 fully saturated rings. The molecule has 0 amide bonds. The topological polar surface area (TPSA) is 0 Å². The third-order valence-electron chi connectivity index (χ3n) is 3.04. The van der Waals surface area contributed by atoms with E-state index in [0.29, 0.717) is 5.92 Å². The molecule has 3 heteroatoms. The summed E-state index contributed by atoms with van der Waals surface area (Å²) in [7, 11) is 9.65. The molecule has 1 rings (SSSR count). The Morgan fingerprint density at radius 1 is 0.923 bits per heavy atom. The molecule has 0 atom stereocenters. The molecule has 0 saturated carbocycles. The number of hydrogen-bond donors (Lipinski definition) is 0. The summed E-state index contributed by atoms with van der Waals surface area (Å²) in [6.07, 6.45) is 0. The predicted molar refractivity (Wildman–Crippen MR) is 57.6 cm³/mol. The molecule has 0 aromatic carbocycles. The number of allylic oxidation sites excluding steroid dienone is 4. The number of hydrogen-bond acceptors (Lipinski definition) is 0. The van der Waals surface area contributed by atoms with Crippen molar-refractivity contribution in [2.45, 2.75) is 34.6 Å². The zero-order chi connectivity index (χ0) is 10.6. The van der Waals surface area contributed by atoms with Gasteiger partial charge >= 0.3 is 33.5 Å². The Balaban J connectivity index is 0.000000424. The predicted octanol–water partition coefficient (Wildman–Crippen LogP) is 4.69. The second kappa shape index (κ2) is 6.15. The molecule has 1 aliphatic carbocycles. The van der Waals surface area contributed by atoms with Gasteiger partial charge in [0.1, 0.15) is 0 Å². The van der Waals surface area contributed by atoms with E-state index >= 15 is 0 Å². The number of rotatable bonds is 0. The van der Waals surface area contributed by atoms with Crippen molar-refractivity contribution in [2.24, 2.45) is 5.92 Å². The summed E-state index contributed by atoms with van der Waals surface area (Å²) in [5, 5.41) is 0. The summed E-state index contributed by atoms with van der Waals surface area (Å²) in [5.74, 6) is 0.694. The maximum absolute atomic E-state index is 4.83. The summed E-state index contributed by atoms with van der Waals surface area (Å²) in [6.45, 7) is 11.2. The van der Waals surface area contributed by atoms with Crippen LogP contribution in [0.15, 0.2) is 22.3 Å². The van der Waals surface area contributed by atoms with Gasteiger partial charge in [0.05, 0.1) is 0 Å². The van der Waals surface area contributed by atoms with Gasteiger partial charge < -0.3 is 0 Å². The van der Waals surface area contributed by atoms with Crippen LogP contribution in [0.2, 0.25) is 0 Å². The molecule has 0 aromatic heterocycles. The van der Waals surface area contributed by atoms with E-state index in [4.69, 9.17) is 20.1 Å². The van der Waals surface area contributed by atoms with Crippen molar-refractivity contribution in [3.05, 3.63) is 22.3 Å². The molecule has 0 spiro atoms. The van der Waals surface area contributed by atoms with Gasteiger partial charge in [0.15, 0.2) is 0 Å². The van der Waals surface area contributed by atoms with E-state index < -0.39 is 0 Å². The van der Waals surface area contributed by atoms with Crippen molar-refractivity contribution in [3.63, 3.8) is 0 Å². The Kier molecular flexibility index (Phi) is 6.43. The molecular formula is C10H16Cl2Cr. The van der Waals surface area contributed by atoms with Crippen molar-refractivity contribution in [2.75, 3.05) is 0 Å². The van der Waals surface area contributed by atoms with Crippen LogP contribution in [0.1, 0.15) is 34.6 Å². The molecule has 0 N–H and O–H groups in total. The SMILES string of the molecule is CC1=C(C)C(C)C(C)=C1C.[Cl][Cr][Cl]. The molecule has 0 heterocycles. The van der Waals surface area contributed by atoms with E-state index in [9.17, 15) is 0 Å². The van der Waals surface area contributed by atoms with Crippen LogP contribution in [0.4, 0.5) is 0 Å². The van der Waals surface area contributed by atoms with Gasteiger partial charge in [-0.2, -0.15) is 0 Å². The van der Waals surface area contributed by atoms with E-state index in [0.717, 1.165) is 0 Å². The minimum absolute atomic E-state index is 0.181. The summed E-state index contributed by atoms with van der Waals surface area (Å²) in [5.41, 5.74) is 6.11. The van der Waals surface area contributed by atoms with Crippen molar-refractivity contribution in [1.29, 1.82) is 0 Å². The molecule has 0 radical (unpaired) electrons. The average Bonchev–Trinajstić information content (AvgIpc) is 2.25. The Labute approximate surface area is 96.1 Å². The first kappa shape index (κ1) is 13.6. The third kappa shape index (κ3) is 3.33. The van der Waals surface area contributed by atoms with Crippen LogP contribution in [0.25, 0.3) is 0 Å². The Morgan fingerprint density at radius 2 is 1.15 bits per heavy atom. The van der Waals surface area contributed by atoms with E-state index in [1.165, 1.54) is 11.1 Å². The third-order valence-corrected chi connectivity index (χ3v) is 3.04. The zero-order valence-electron chi connectivity index (χ0n) is 8.74. The summed E-state index contributed by atoms with van der Waals surface area (Å²) in [4.78, 5) is 0. The first-order valence-corrected chi connectivity index (χ1v) is 7.72. The van der Waals surface area contributed by atoms with Crippen molar-refractivity contribution < 1.29 is 13.4 Å². The van der Waals surface area contributed by atoms with Gasteiger partial charge in [-0.3, -0.25) is 0 Å². The fourth-order valence-electron chi connectivity index (χ4n) is 1.57. The van der Waals surface area contributed by atoms with E-state index in [1.54, 1.807) is 11.1 Å². The van der Waals surface area contributed by atoms with Gasteiger partial charge in [-0.05, 0) is 44.8 Å². The maximum atomic E-state index is 4.83. The molecule has 0 saturated heterocycles. The van der Waals surface area contributed by atoms with Gasteiger partial charge in [-0.25, -0.2) is 0 Å². The second-order valence-electron chi connectivity index (χ2n) is 3.40. The summed E-state index contributed by atoms with van der Waals surface area (Å²) < 4.78 is 0. The van der Waals surface area contributed by atoms with Crippen molar-refractivity contribution >= 4 is 20.1 Å². The van der Waals surface area contributed by atoms with E-state index in [2.05, 4.69) is 34.6 Å². The van der Waals surface area contributed by atoms with E-state index in [-0.39, 0.29) is 13.4 Å².